The number of aliphatic hydroxyl groups excluding tert-OH is 1. The van der Waals surface area contributed by atoms with Crippen LogP contribution < -0.4 is 10.4 Å². The molecule has 1 saturated heterocycles. The van der Waals surface area contributed by atoms with Gasteiger partial charge >= 0.3 is 0 Å². The minimum Gasteiger partial charge on any atom is -0.406 e. The third-order valence-corrected chi connectivity index (χ3v) is 9.68. The highest BCUT2D eigenvalue weighted by atomic mass is 28.3. The Labute approximate surface area is 239 Å². The number of benzene rings is 3. The normalized spacial score (nSPS) is 16.6. The second-order valence-corrected chi connectivity index (χ2v) is 13.6. The third-order valence-electron chi connectivity index (χ3n) is 7.47. The number of hydrogen-bond acceptors (Lipinski definition) is 4. The Balaban J connectivity index is 1.27. The summed E-state index contributed by atoms with van der Waals surface area (Å²) in [6.45, 7) is 9.97. The second kappa shape index (κ2) is 12.5. The van der Waals surface area contributed by atoms with Gasteiger partial charge in [0.05, 0.1) is 11.7 Å². The molecule has 0 aliphatic carbocycles. The minimum absolute atomic E-state index is 0.0486. The fourth-order valence-corrected chi connectivity index (χ4v) is 7.10. The topological polar surface area (TPSA) is 56.5 Å². The van der Waals surface area contributed by atoms with Crippen molar-refractivity contribution < 1.29 is 14.3 Å². The number of rotatable bonds is 7. The van der Waals surface area contributed by atoms with Crippen LogP contribution in [0.3, 0.4) is 0 Å². The Kier molecular flexibility index (Phi) is 8.87. The summed E-state index contributed by atoms with van der Waals surface area (Å²) in [5.74, 6) is 6.21. The zero-order chi connectivity index (χ0) is 28.1. The summed E-state index contributed by atoms with van der Waals surface area (Å²) in [6, 6.07) is 23.4. The third kappa shape index (κ3) is 6.56. The zero-order valence-electron chi connectivity index (χ0n) is 24.0. The second-order valence-electron chi connectivity index (χ2n) is 11.5. The van der Waals surface area contributed by atoms with Crippen molar-refractivity contribution in [3.63, 3.8) is 0 Å². The molecule has 5 nitrogen and oxygen atoms in total. The van der Waals surface area contributed by atoms with Gasteiger partial charge in [-0.05, 0) is 70.8 Å². The van der Waals surface area contributed by atoms with Crippen molar-refractivity contribution >= 4 is 30.3 Å². The lowest BCUT2D eigenvalue weighted by Gasteiger charge is -2.23. The van der Waals surface area contributed by atoms with Crippen molar-refractivity contribution in [2.75, 3.05) is 13.2 Å². The van der Waals surface area contributed by atoms with Crippen molar-refractivity contribution in [3.05, 3.63) is 89.6 Å². The maximum Gasteiger partial charge on any atom is 0.282 e. The highest BCUT2D eigenvalue weighted by molar-refractivity contribution is 6.80. The van der Waals surface area contributed by atoms with Crippen molar-refractivity contribution in [3.8, 4) is 11.8 Å². The highest BCUT2D eigenvalue weighted by Gasteiger charge is 2.22. The van der Waals surface area contributed by atoms with E-state index in [1.54, 1.807) is 0 Å². The molecule has 1 aromatic heterocycles. The van der Waals surface area contributed by atoms with Gasteiger partial charge in [-0.1, -0.05) is 87.2 Å². The zero-order valence-corrected chi connectivity index (χ0v) is 25.0. The molecule has 40 heavy (non-hydrogen) atoms. The number of aromatic nitrogens is 2. The maximum atomic E-state index is 11.0. The lowest BCUT2D eigenvalue weighted by Crippen LogP contribution is -2.45. The van der Waals surface area contributed by atoms with Crippen LogP contribution >= 0.6 is 0 Å². The predicted molar refractivity (Wildman–Crippen MR) is 163 cm³/mol. The van der Waals surface area contributed by atoms with Gasteiger partial charge in [0.25, 0.3) is 9.04 Å². The largest absolute Gasteiger partial charge is 0.406 e. The molecule has 6 heteroatoms. The van der Waals surface area contributed by atoms with E-state index < -0.39 is 15.1 Å². The molecule has 2 unspecified atom stereocenters. The molecule has 4 aromatic rings. The van der Waals surface area contributed by atoms with E-state index in [2.05, 4.69) is 92.3 Å². The summed E-state index contributed by atoms with van der Waals surface area (Å²) >= 11 is 0. The first-order valence-electron chi connectivity index (χ1n) is 14.2. The van der Waals surface area contributed by atoms with Gasteiger partial charge in [-0.2, -0.15) is 5.10 Å². The molecule has 1 aliphatic rings. The van der Waals surface area contributed by atoms with Gasteiger partial charge in [-0.3, -0.25) is 0 Å². The van der Waals surface area contributed by atoms with Gasteiger partial charge in [0, 0.05) is 25.0 Å². The van der Waals surface area contributed by atoms with E-state index in [9.17, 15) is 5.11 Å². The Hall–Kier alpha value is -3.21. The molecular formula is C34H39N2O3Si. The Morgan fingerprint density at radius 3 is 2.52 bits per heavy atom. The van der Waals surface area contributed by atoms with Gasteiger partial charge in [0.1, 0.15) is 6.10 Å². The van der Waals surface area contributed by atoms with Crippen molar-refractivity contribution in [2.45, 2.75) is 71.1 Å². The Morgan fingerprint density at radius 2 is 1.82 bits per heavy atom. The Morgan fingerprint density at radius 1 is 1.07 bits per heavy atom. The lowest BCUT2D eigenvalue weighted by atomic mass is 9.87. The number of aryl methyl sites for hydroxylation is 1. The average molecular weight is 552 g/mol. The molecular weight excluding hydrogens is 512 g/mol. The van der Waals surface area contributed by atoms with Gasteiger partial charge in [-0.15, -0.1) is 0 Å². The number of ether oxygens (including phenoxy) is 1. The van der Waals surface area contributed by atoms with Gasteiger partial charge in [0.2, 0.25) is 0 Å². The van der Waals surface area contributed by atoms with Crippen LogP contribution in [0.5, 0.6) is 0 Å². The first kappa shape index (κ1) is 28.3. The molecule has 2 atom stereocenters. The SMILES string of the molecule is Cc1cc2cnn(C3CCCCO3)c2cc1C(O)C#CCCO[Si](c1ccccc1)c1ccc(C(C)(C)C)cc1. The molecule has 1 aliphatic heterocycles. The van der Waals surface area contributed by atoms with E-state index in [0.29, 0.717) is 13.0 Å². The number of fused-ring (bicyclic) bond motifs is 1. The van der Waals surface area contributed by atoms with E-state index in [-0.39, 0.29) is 11.6 Å². The molecule has 3 aromatic carbocycles. The summed E-state index contributed by atoms with van der Waals surface area (Å²) in [4.78, 5) is 0. The van der Waals surface area contributed by atoms with E-state index in [1.165, 1.54) is 15.9 Å². The molecule has 1 radical (unpaired) electrons. The van der Waals surface area contributed by atoms with Crippen LogP contribution in [-0.4, -0.2) is 37.1 Å². The lowest BCUT2D eigenvalue weighted by molar-refractivity contribution is -0.0366. The summed E-state index contributed by atoms with van der Waals surface area (Å²) in [5.41, 5.74) is 4.22. The first-order chi connectivity index (χ1) is 19.3. The number of nitrogens with zero attached hydrogens (tertiary/aromatic N) is 2. The van der Waals surface area contributed by atoms with E-state index >= 15 is 0 Å². The summed E-state index contributed by atoms with van der Waals surface area (Å²) in [7, 11) is -1.40. The minimum atomic E-state index is -1.40. The number of hydrogen-bond donors (Lipinski definition) is 1. The quantitative estimate of drug-likeness (QED) is 0.185. The first-order valence-corrected chi connectivity index (χ1v) is 15.6. The molecule has 2 heterocycles. The Bertz CT molecular complexity index is 1470. The standard InChI is InChI=1S/C34H39N2O3Si/c1-25-22-26-24-35-36(33-15-9-10-20-38-33)31(26)23-30(25)32(37)14-8-11-21-39-40(28-12-6-5-7-13-28)29-18-16-27(17-19-29)34(2,3)4/h5-7,12-13,16-19,22-24,32-33,37H,9-11,15,20-21H2,1-4H3. The van der Waals surface area contributed by atoms with Crippen LogP contribution in [-0.2, 0) is 14.6 Å². The monoisotopic (exact) mass is 551 g/mol. The summed E-state index contributed by atoms with van der Waals surface area (Å²) < 4.78 is 14.4. The summed E-state index contributed by atoms with van der Waals surface area (Å²) in [6.07, 6.45) is 4.69. The van der Waals surface area contributed by atoms with E-state index in [0.717, 1.165) is 47.9 Å². The van der Waals surface area contributed by atoms with Crippen molar-refractivity contribution in [1.29, 1.82) is 0 Å². The van der Waals surface area contributed by atoms with Gasteiger partial charge in [-0.25, -0.2) is 4.68 Å². The molecule has 207 valence electrons. The summed E-state index contributed by atoms with van der Waals surface area (Å²) in [5, 5.41) is 19.1. The van der Waals surface area contributed by atoms with Crippen LogP contribution in [0.25, 0.3) is 10.9 Å². The van der Waals surface area contributed by atoms with Crippen LogP contribution in [0, 0.1) is 18.8 Å². The molecule has 0 bridgehead atoms. The van der Waals surface area contributed by atoms with Crippen LogP contribution in [0.15, 0.2) is 72.9 Å². The van der Waals surface area contributed by atoms with Crippen LogP contribution in [0.2, 0.25) is 0 Å². The highest BCUT2D eigenvalue weighted by Crippen LogP contribution is 2.29. The van der Waals surface area contributed by atoms with Crippen LogP contribution in [0.4, 0.5) is 0 Å². The van der Waals surface area contributed by atoms with Gasteiger partial charge < -0.3 is 14.3 Å². The van der Waals surface area contributed by atoms with Crippen molar-refractivity contribution in [2.24, 2.45) is 0 Å². The fourth-order valence-electron chi connectivity index (χ4n) is 5.16. The molecule has 5 rings (SSSR count). The fraction of sp³-hybridized carbons (Fsp3) is 0.382. The predicted octanol–water partition coefficient (Wildman–Crippen LogP) is 5.59. The van der Waals surface area contributed by atoms with Crippen LogP contribution in [0.1, 0.15) is 75.5 Å². The molecule has 0 saturated carbocycles. The smallest absolute Gasteiger partial charge is 0.282 e. The van der Waals surface area contributed by atoms with Crippen molar-refractivity contribution in [1.82, 2.24) is 9.78 Å². The number of aliphatic hydroxyl groups is 1. The molecule has 1 fully saturated rings. The molecule has 1 N–H and O–H groups in total. The molecule has 0 amide bonds. The van der Waals surface area contributed by atoms with E-state index in [1.807, 2.05) is 29.9 Å². The molecule has 0 spiro atoms. The maximum absolute atomic E-state index is 11.0. The van der Waals surface area contributed by atoms with Gasteiger partial charge in [0.15, 0.2) is 6.23 Å². The average Bonchev–Trinajstić information content (AvgIpc) is 3.37. The van der Waals surface area contributed by atoms with E-state index in [4.69, 9.17) is 9.16 Å².